The van der Waals surface area contributed by atoms with E-state index >= 15 is 0 Å². The number of ketones is 1. The van der Waals surface area contributed by atoms with Crippen LogP contribution in [-0.2, 0) is 11.2 Å². The Kier molecular flexibility index (Phi) is 4.58. The van der Waals surface area contributed by atoms with Gasteiger partial charge >= 0.3 is 0 Å². The number of aryl methyl sites for hydroxylation is 1. The number of para-hydroxylation sites is 1. The van der Waals surface area contributed by atoms with E-state index in [0.29, 0.717) is 17.8 Å². The molecule has 7 heteroatoms. The number of aromatic nitrogens is 2. The molecule has 1 aromatic carbocycles. The van der Waals surface area contributed by atoms with Crippen molar-refractivity contribution in [1.29, 1.82) is 0 Å². The van der Waals surface area contributed by atoms with E-state index in [2.05, 4.69) is 20.6 Å². The van der Waals surface area contributed by atoms with Crippen LogP contribution in [-0.4, -0.2) is 27.8 Å². The Morgan fingerprint density at radius 3 is 2.73 bits per heavy atom. The number of nitrogens with one attached hydrogen (secondary N) is 3. The predicted octanol–water partition coefficient (Wildman–Crippen LogP) is 4.64. The monoisotopic (exact) mass is 404 g/mol. The molecular formula is C23H21FN4O2. The van der Waals surface area contributed by atoms with Crippen molar-refractivity contribution in [3.05, 3.63) is 59.9 Å². The minimum atomic E-state index is -1.06. The smallest absolute Gasteiger partial charge is 0.231 e. The first-order valence-electron chi connectivity index (χ1n) is 10.1. The fourth-order valence-electron chi connectivity index (χ4n) is 3.91. The first-order chi connectivity index (χ1) is 14.6. The maximum Gasteiger partial charge on any atom is 0.231 e. The number of hydrogen-bond acceptors (Lipinski definition) is 4. The van der Waals surface area contributed by atoms with Crippen molar-refractivity contribution in [3.63, 3.8) is 0 Å². The topological polar surface area (TPSA) is 86.9 Å². The molecule has 2 atom stereocenters. The van der Waals surface area contributed by atoms with E-state index in [1.165, 1.54) is 0 Å². The van der Waals surface area contributed by atoms with Crippen LogP contribution in [0.1, 0.15) is 35.3 Å². The Morgan fingerprint density at radius 1 is 1.17 bits per heavy atom. The number of alkyl halides is 1. The number of pyridine rings is 1. The molecule has 3 aromatic rings. The van der Waals surface area contributed by atoms with Crippen molar-refractivity contribution in [2.24, 2.45) is 5.92 Å². The third-order valence-electron chi connectivity index (χ3n) is 5.58. The standard InChI is InChI=1S/C23H21FN4O2/c24-16-12-15(16)23(30)28-19-11-13(9-10-25-19)21-22(26-14-5-2-1-3-6-14)20-17(27-21)7-4-8-18(20)29/h1-3,5-6,9-11,15-16,26-27H,4,7-8,12H2,(H,25,28,30)/t15-,16-/m1/s1. The molecule has 0 aliphatic heterocycles. The maximum atomic E-state index is 13.2. The van der Waals surface area contributed by atoms with Crippen LogP contribution >= 0.6 is 0 Å². The summed E-state index contributed by atoms with van der Waals surface area (Å²) in [6.45, 7) is 0. The lowest BCUT2D eigenvalue weighted by Gasteiger charge is -2.14. The lowest BCUT2D eigenvalue weighted by Crippen LogP contribution is -2.15. The second-order valence-electron chi connectivity index (χ2n) is 7.77. The number of anilines is 3. The summed E-state index contributed by atoms with van der Waals surface area (Å²) in [7, 11) is 0. The first-order valence-corrected chi connectivity index (χ1v) is 10.1. The molecule has 152 valence electrons. The molecule has 1 fully saturated rings. The predicted molar refractivity (Wildman–Crippen MR) is 113 cm³/mol. The lowest BCUT2D eigenvalue weighted by molar-refractivity contribution is -0.117. The fourth-order valence-corrected chi connectivity index (χ4v) is 3.91. The summed E-state index contributed by atoms with van der Waals surface area (Å²) < 4.78 is 13.2. The molecule has 1 amide bonds. The molecule has 30 heavy (non-hydrogen) atoms. The van der Waals surface area contributed by atoms with Crippen LogP contribution in [0.4, 0.5) is 21.6 Å². The molecule has 2 aliphatic carbocycles. The molecule has 2 aliphatic rings. The number of fused-ring (bicyclic) bond motifs is 1. The van der Waals surface area contributed by atoms with E-state index in [1.807, 2.05) is 36.4 Å². The third kappa shape index (κ3) is 3.47. The van der Waals surface area contributed by atoms with Gasteiger partial charge in [0.2, 0.25) is 5.91 Å². The zero-order valence-corrected chi connectivity index (χ0v) is 16.2. The molecule has 5 rings (SSSR count). The third-order valence-corrected chi connectivity index (χ3v) is 5.58. The van der Waals surface area contributed by atoms with Gasteiger partial charge in [0.1, 0.15) is 12.0 Å². The number of halogens is 1. The Balaban J connectivity index is 1.53. The lowest BCUT2D eigenvalue weighted by atomic mass is 9.95. The minimum absolute atomic E-state index is 0.113. The Bertz CT molecular complexity index is 1130. The van der Waals surface area contributed by atoms with Gasteiger partial charge in [-0.2, -0.15) is 0 Å². The van der Waals surface area contributed by atoms with Gasteiger partial charge in [0.25, 0.3) is 0 Å². The quantitative estimate of drug-likeness (QED) is 0.578. The second-order valence-corrected chi connectivity index (χ2v) is 7.77. The van der Waals surface area contributed by atoms with Crippen LogP contribution in [0.15, 0.2) is 48.7 Å². The minimum Gasteiger partial charge on any atom is -0.356 e. The van der Waals surface area contributed by atoms with Gasteiger partial charge in [-0.15, -0.1) is 0 Å². The molecule has 0 saturated heterocycles. The fraction of sp³-hybridized carbons (Fsp3) is 0.261. The van der Waals surface area contributed by atoms with E-state index in [0.717, 1.165) is 41.2 Å². The number of H-pyrrole nitrogens is 1. The number of rotatable bonds is 5. The average Bonchev–Trinajstić information content (AvgIpc) is 3.37. The number of hydrogen-bond donors (Lipinski definition) is 3. The summed E-state index contributed by atoms with van der Waals surface area (Å²) in [5.74, 6) is -0.458. The van der Waals surface area contributed by atoms with Crippen LogP contribution in [0.5, 0.6) is 0 Å². The summed E-state index contributed by atoms with van der Waals surface area (Å²) in [6, 6.07) is 13.2. The Hall–Kier alpha value is -3.48. The van der Waals surface area contributed by atoms with Crippen molar-refractivity contribution in [2.75, 3.05) is 10.6 Å². The molecule has 6 nitrogen and oxygen atoms in total. The van der Waals surface area contributed by atoms with Gasteiger partial charge in [-0.05, 0) is 43.5 Å². The van der Waals surface area contributed by atoms with Crippen LogP contribution in [0, 0.1) is 5.92 Å². The summed E-state index contributed by atoms with van der Waals surface area (Å²) in [5.41, 5.74) is 4.78. The van der Waals surface area contributed by atoms with Crippen molar-refractivity contribution in [2.45, 2.75) is 31.9 Å². The van der Waals surface area contributed by atoms with E-state index in [1.54, 1.807) is 12.3 Å². The van der Waals surface area contributed by atoms with Gasteiger partial charge in [-0.25, -0.2) is 9.37 Å². The molecule has 0 spiro atoms. The zero-order chi connectivity index (χ0) is 20.7. The number of benzene rings is 1. The van der Waals surface area contributed by atoms with Gasteiger partial charge in [-0.1, -0.05) is 18.2 Å². The van der Waals surface area contributed by atoms with Crippen LogP contribution < -0.4 is 10.6 Å². The molecule has 2 heterocycles. The summed E-state index contributed by atoms with van der Waals surface area (Å²) >= 11 is 0. The normalized spacial score (nSPS) is 19.8. The molecule has 0 bridgehead atoms. The molecule has 0 unspecified atom stereocenters. The number of nitrogens with zero attached hydrogens (tertiary/aromatic N) is 1. The summed E-state index contributed by atoms with van der Waals surface area (Å²) in [5, 5.41) is 6.09. The maximum absolute atomic E-state index is 13.2. The second kappa shape index (κ2) is 7.40. The SMILES string of the molecule is O=C1CCCc2[nH]c(-c3ccnc(NC(=O)[C@@H]4C[C@H]4F)c3)c(Nc3ccccc3)c21. The number of amides is 1. The van der Waals surface area contributed by atoms with Crippen molar-refractivity contribution >= 4 is 28.9 Å². The molecule has 3 N–H and O–H groups in total. The highest BCUT2D eigenvalue weighted by atomic mass is 19.1. The largest absolute Gasteiger partial charge is 0.356 e. The summed E-state index contributed by atoms with van der Waals surface area (Å²) in [6.07, 6.45) is 2.95. The van der Waals surface area contributed by atoms with Crippen molar-refractivity contribution in [3.8, 4) is 11.3 Å². The van der Waals surface area contributed by atoms with Crippen LogP contribution in [0.3, 0.4) is 0 Å². The van der Waals surface area contributed by atoms with Crippen molar-refractivity contribution < 1.29 is 14.0 Å². The molecular weight excluding hydrogens is 383 g/mol. The zero-order valence-electron chi connectivity index (χ0n) is 16.2. The molecule has 0 radical (unpaired) electrons. The van der Waals surface area contributed by atoms with Gasteiger partial charge < -0.3 is 15.6 Å². The van der Waals surface area contributed by atoms with Gasteiger partial charge in [-0.3, -0.25) is 9.59 Å². The number of carbonyl (C=O) groups is 2. The first kappa shape index (κ1) is 18.5. The van der Waals surface area contributed by atoms with E-state index in [4.69, 9.17) is 0 Å². The number of aromatic amines is 1. The van der Waals surface area contributed by atoms with Gasteiger partial charge in [0.05, 0.1) is 22.9 Å². The van der Waals surface area contributed by atoms with Gasteiger partial charge in [0, 0.05) is 29.6 Å². The van der Waals surface area contributed by atoms with Crippen molar-refractivity contribution in [1.82, 2.24) is 9.97 Å². The van der Waals surface area contributed by atoms with E-state index in [-0.39, 0.29) is 18.1 Å². The Morgan fingerprint density at radius 2 is 1.97 bits per heavy atom. The highest BCUT2D eigenvalue weighted by Gasteiger charge is 2.43. The van der Waals surface area contributed by atoms with Crippen LogP contribution in [0.25, 0.3) is 11.3 Å². The van der Waals surface area contributed by atoms with Gasteiger partial charge in [0.15, 0.2) is 5.78 Å². The molecule has 1 saturated carbocycles. The highest BCUT2D eigenvalue weighted by molar-refractivity contribution is 6.07. The van der Waals surface area contributed by atoms with Crippen LogP contribution in [0.2, 0.25) is 0 Å². The molecule has 2 aromatic heterocycles. The van der Waals surface area contributed by atoms with E-state index < -0.39 is 12.1 Å². The highest BCUT2D eigenvalue weighted by Crippen LogP contribution is 2.39. The summed E-state index contributed by atoms with van der Waals surface area (Å²) in [4.78, 5) is 32.4. The average molecular weight is 404 g/mol. The number of carbonyl (C=O) groups excluding carboxylic acids is 2. The van der Waals surface area contributed by atoms with E-state index in [9.17, 15) is 14.0 Å². The number of Topliss-reactive ketones (excluding diaryl/α,β-unsaturated/α-hetero) is 1. The Labute approximate surface area is 172 Å².